The van der Waals surface area contributed by atoms with Crippen molar-refractivity contribution in [2.75, 3.05) is 13.1 Å². The molecule has 0 unspecified atom stereocenters. The van der Waals surface area contributed by atoms with Gasteiger partial charge in [0.05, 0.1) is 12.8 Å². The third-order valence-electron chi connectivity index (χ3n) is 3.02. The molecule has 0 saturated carbocycles. The van der Waals surface area contributed by atoms with Gasteiger partial charge in [-0.15, -0.1) is 0 Å². The Balaban J connectivity index is 1.82. The number of amides is 1. The lowest BCUT2D eigenvalue weighted by atomic mass is 9.95. The second kappa shape index (κ2) is 5.40. The summed E-state index contributed by atoms with van der Waals surface area (Å²) >= 11 is 5.85. The van der Waals surface area contributed by atoms with Crippen LogP contribution in [0, 0.1) is 5.92 Å². The van der Waals surface area contributed by atoms with Crippen LogP contribution in [0.5, 0.6) is 0 Å². The first kappa shape index (κ1) is 12.9. The van der Waals surface area contributed by atoms with Crippen LogP contribution in [0.4, 0.5) is 0 Å². The molecule has 0 radical (unpaired) electrons. The van der Waals surface area contributed by atoms with Crippen molar-refractivity contribution in [3.63, 3.8) is 0 Å². The minimum atomic E-state index is -0.804. The van der Waals surface area contributed by atoms with Crippen LogP contribution in [0.15, 0.2) is 24.3 Å². The van der Waals surface area contributed by atoms with Crippen LogP contribution >= 0.6 is 11.6 Å². The predicted octanol–water partition coefficient (Wildman–Crippen LogP) is 1.82. The molecule has 1 aliphatic rings. The van der Waals surface area contributed by atoms with E-state index in [9.17, 15) is 9.59 Å². The lowest BCUT2D eigenvalue weighted by Crippen LogP contribution is -2.51. The van der Waals surface area contributed by atoms with Crippen LogP contribution in [0.3, 0.4) is 0 Å². The molecule has 1 amide bonds. The number of likely N-dealkylation sites (tertiary alicyclic amines) is 1. The van der Waals surface area contributed by atoms with Crippen molar-refractivity contribution < 1.29 is 14.7 Å². The van der Waals surface area contributed by atoms with Crippen molar-refractivity contribution in [2.45, 2.75) is 12.8 Å². The van der Waals surface area contributed by atoms with Crippen molar-refractivity contribution in [3.05, 3.63) is 34.9 Å². The predicted molar refractivity (Wildman–Crippen MR) is 67.5 cm³/mol. The molecule has 96 valence electrons. The molecule has 18 heavy (non-hydrogen) atoms. The van der Waals surface area contributed by atoms with Crippen molar-refractivity contribution in [1.29, 1.82) is 0 Å². The summed E-state index contributed by atoms with van der Waals surface area (Å²) < 4.78 is 0. The number of aliphatic carboxylic acids is 1. The van der Waals surface area contributed by atoms with Crippen LogP contribution < -0.4 is 0 Å². The van der Waals surface area contributed by atoms with E-state index in [-0.39, 0.29) is 18.2 Å². The second-order valence-corrected chi connectivity index (χ2v) is 5.01. The van der Waals surface area contributed by atoms with E-state index < -0.39 is 5.97 Å². The summed E-state index contributed by atoms with van der Waals surface area (Å²) in [5, 5.41) is 9.24. The fourth-order valence-corrected chi connectivity index (χ4v) is 2.30. The van der Waals surface area contributed by atoms with E-state index in [4.69, 9.17) is 16.7 Å². The number of nitrogens with zero attached hydrogens (tertiary/aromatic N) is 1. The average Bonchev–Trinajstić information content (AvgIpc) is 2.22. The number of hydrogen-bond acceptors (Lipinski definition) is 2. The normalized spacial score (nSPS) is 15.3. The van der Waals surface area contributed by atoms with Gasteiger partial charge in [0.2, 0.25) is 5.91 Å². The summed E-state index contributed by atoms with van der Waals surface area (Å²) in [4.78, 5) is 24.1. The van der Waals surface area contributed by atoms with E-state index in [1.807, 2.05) is 12.1 Å². The van der Waals surface area contributed by atoms with Crippen molar-refractivity contribution in [2.24, 2.45) is 5.92 Å². The number of carboxylic acids is 1. The van der Waals surface area contributed by atoms with Gasteiger partial charge in [-0.1, -0.05) is 23.7 Å². The Kier molecular flexibility index (Phi) is 3.87. The maximum atomic E-state index is 11.9. The fourth-order valence-electron chi connectivity index (χ4n) is 2.08. The van der Waals surface area contributed by atoms with Gasteiger partial charge in [0.25, 0.3) is 0 Å². The van der Waals surface area contributed by atoms with Crippen molar-refractivity contribution in [1.82, 2.24) is 4.90 Å². The molecule has 2 rings (SSSR count). The quantitative estimate of drug-likeness (QED) is 0.905. The largest absolute Gasteiger partial charge is 0.481 e. The molecular formula is C13H14ClNO3. The van der Waals surface area contributed by atoms with Gasteiger partial charge in [-0.2, -0.15) is 0 Å². The minimum Gasteiger partial charge on any atom is -0.481 e. The first-order valence-electron chi connectivity index (χ1n) is 5.78. The maximum Gasteiger partial charge on any atom is 0.303 e. The number of rotatable bonds is 4. The van der Waals surface area contributed by atoms with Gasteiger partial charge in [0.15, 0.2) is 0 Å². The molecule has 0 atom stereocenters. The van der Waals surface area contributed by atoms with Gasteiger partial charge in [0, 0.05) is 24.0 Å². The van der Waals surface area contributed by atoms with Crippen LogP contribution in [0.1, 0.15) is 12.0 Å². The Morgan fingerprint density at radius 2 is 2.11 bits per heavy atom. The Bertz CT molecular complexity index is 469. The fraction of sp³-hybridized carbons (Fsp3) is 0.385. The Hall–Kier alpha value is -1.55. The minimum absolute atomic E-state index is 0.0268. The van der Waals surface area contributed by atoms with Gasteiger partial charge in [-0.25, -0.2) is 0 Å². The first-order chi connectivity index (χ1) is 8.54. The van der Waals surface area contributed by atoms with Crippen molar-refractivity contribution >= 4 is 23.5 Å². The Labute approximate surface area is 110 Å². The Morgan fingerprint density at radius 3 is 2.72 bits per heavy atom. The monoisotopic (exact) mass is 267 g/mol. The molecular weight excluding hydrogens is 254 g/mol. The lowest BCUT2D eigenvalue weighted by Gasteiger charge is -2.38. The van der Waals surface area contributed by atoms with Gasteiger partial charge in [-0.3, -0.25) is 9.59 Å². The molecule has 0 bridgehead atoms. The highest BCUT2D eigenvalue weighted by atomic mass is 35.5. The molecule has 1 aromatic carbocycles. The standard InChI is InChI=1S/C13H14ClNO3/c14-11-3-1-2-9(4-11)5-12(16)15-7-10(8-15)6-13(17)18/h1-4,10H,5-8H2,(H,17,18). The molecule has 0 aliphatic carbocycles. The summed E-state index contributed by atoms with van der Waals surface area (Å²) in [5.74, 6) is -0.674. The number of benzene rings is 1. The van der Waals surface area contributed by atoms with E-state index in [1.165, 1.54) is 0 Å². The summed E-state index contributed by atoms with van der Waals surface area (Å²) in [6, 6.07) is 7.21. The van der Waals surface area contributed by atoms with E-state index in [1.54, 1.807) is 17.0 Å². The average molecular weight is 268 g/mol. The second-order valence-electron chi connectivity index (χ2n) is 4.57. The van der Waals surface area contributed by atoms with E-state index >= 15 is 0 Å². The Morgan fingerprint density at radius 1 is 1.39 bits per heavy atom. The zero-order chi connectivity index (χ0) is 13.1. The molecule has 1 saturated heterocycles. The van der Waals surface area contributed by atoms with Gasteiger partial charge >= 0.3 is 5.97 Å². The SMILES string of the molecule is O=C(O)CC1CN(C(=O)Cc2cccc(Cl)c2)C1. The molecule has 5 heteroatoms. The molecule has 4 nitrogen and oxygen atoms in total. The molecule has 1 heterocycles. The van der Waals surface area contributed by atoms with Crippen molar-refractivity contribution in [3.8, 4) is 0 Å². The van der Waals surface area contributed by atoms with Crippen LogP contribution in [0.25, 0.3) is 0 Å². The van der Waals surface area contributed by atoms with Crippen LogP contribution in [0.2, 0.25) is 5.02 Å². The molecule has 1 N–H and O–H groups in total. The summed E-state index contributed by atoms with van der Waals surface area (Å²) in [6.07, 6.45) is 0.460. The van der Waals surface area contributed by atoms with E-state index in [0.717, 1.165) is 5.56 Å². The highest BCUT2D eigenvalue weighted by molar-refractivity contribution is 6.30. The van der Waals surface area contributed by atoms with E-state index in [2.05, 4.69) is 0 Å². The molecule has 0 spiro atoms. The molecule has 1 aliphatic heterocycles. The zero-order valence-corrected chi connectivity index (χ0v) is 10.6. The number of carbonyl (C=O) groups is 2. The number of carboxylic acid groups (broad SMARTS) is 1. The van der Waals surface area contributed by atoms with Gasteiger partial charge in [0.1, 0.15) is 0 Å². The lowest BCUT2D eigenvalue weighted by molar-refractivity contribution is -0.144. The molecule has 0 aromatic heterocycles. The van der Waals surface area contributed by atoms with Gasteiger partial charge in [-0.05, 0) is 17.7 Å². The highest BCUT2D eigenvalue weighted by Crippen LogP contribution is 2.20. The van der Waals surface area contributed by atoms with Crippen LogP contribution in [-0.2, 0) is 16.0 Å². The number of halogens is 1. The topological polar surface area (TPSA) is 57.6 Å². The number of carbonyl (C=O) groups excluding carboxylic acids is 1. The van der Waals surface area contributed by atoms with E-state index in [0.29, 0.717) is 24.5 Å². The first-order valence-corrected chi connectivity index (χ1v) is 6.16. The maximum absolute atomic E-state index is 11.9. The third kappa shape index (κ3) is 3.23. The summed E-state index contributed by atoms with van der Waals surface area (Å²) in [6.45, 7) is 1.09. The third-order valence-corrected chi connectivity index (χ3v) is 3.25. The summed E-state index contributed by atoms with van der Waals surface area (Å²) in [5.41, 5.74) is 0.884. The smallest absolute Gasteiger partial charge is 0.303 e. The van der Waals surface area contributed by atoms with Gasteiger partial charge < -0.3 is 10.0 Å². The highest BCUT2D eigenvalue weighted by Gasteiger charge is 2.31. The zero-order valence-electron chi connectivity index (χ0n) is 9.80. The molecule has 1 fully saturated rings. The molecule has 1 aromatic rings. The van der Waals surface area contributed by atoms with Crippen LogP contribution in [-0.4, -0.2) is 35.0 Å². The number of hydrogen-bond donors (Lipinski definition) is 1. The summed E-state index contributed by atoms with van der Waals surface area (Å²) in [7, 11) is 0.